The van der Waals surface area contributed by atoms with Crippen molar-refractivity contribution in [2.24, 2.45) is 5.92 Å². The number of piperidine rings is 1. The molecule has 0 aliphatic carbocycles. The number of carbonyl (C=O) groups excluding carboxylic acids is 2. The summed E-state index contributed by atoms with van der Waals surface area (Å²) in [5, 5.41) is 4.13. The lowest BCUT2D eigenvalue weighted by molar-refractivity contribution is -0.133. The fourth-order valence-corrected chi connectivity index (χ4v) is 6.40. The third kappa shape index (κ3) is 5.44. The number of nitrogens with one attached hydrogen (secondary N) is 2. The lowest BCUT2D eigenvalue weighted by Gasteiger charge is -2.37. The summed E-state index contributed by atoms with van der Waals surface area (Å²) in [5.74, 6) is -0.126. The number of anilines is 1. The first-order valence-electron chi connectivity index (χ1n) is 12.4. The SMILES string of the molecule is CCCC(=O)N1CC[C@@H](NS(=O)(=O)c2ccc(NC(=O)c3ccccc3C)c3ccccc23)[C@@H](C)C1. The van der Waals surface area contributed by atoms with Gasteiger partial charge in [0, 0.05) is 47.6 Å². The van der Waals surface area contributed by atoms with Gasteiger partial charge in [0.15, 0.2) is 0 Å². The largest absolute Gasteiger partial charge is 0.342 e. The van der Waals surface area contributed by atoms with Gasteiger partial charge in [0.25, 0.3) is 5.91 Å². The number of benzene rings is 3. The van der Waals surface area contributed by atoms with Gasteiger partial charge in [0.2, 0.25) is 15.9 Å². The van der Waals surface area contributed by atoms with Crippen LogP contribution in [0.25, 0.3) is 10.8 Å². The van der Waals surface area contributed by atoms with E-state index in [-0.39, 0.29) is 28.7 Å². The van der Waals surface area contributed by atoms with Crippen molar-refractivity contribution in [1.82, 2.24) is 9.62 Å². The molecule has 0 radical (unpaired) electrons. The Morgan fingerprint density at radius 3 is 2.39 bits per heavy atom. The number of hydrogen-bond donors (Lipinski definition) is 2. The molecule has 3 aromatic rings. The van der Waals surface area contributed by atoms with Crippen molar-refractivity contribution in [2.45, 2.75) is 51.0 Å². The van der Waals surface area contributed by atoms with Gasteiger partial charge >= 0.3 is 0 Å². The molecule has 0 aromatic heterocycles. The Morgan fingerprint density at radius 1 is 1.00 bits per heavy atom. The van der Waals surface area contributed by atoms with Gasteiger partial charge in [-0.1, -0.05) is 56.3 Å². The second-order valence-electron chi connectivity index (χ2n) is 9.51. The average Bonchev–Trinajstić information content (AvgIpc) is 2.85. The van der Waals surface area contributed by atoms with E-state index in [1.165, 1.54) is 0 Å². The van der Waals surface area contributed by atoms with E-state index in [1.54, 1.807) is 30.3 Å². The molecule has 2 N–H and O–H groups in total. The molecular formula is C28H33N3O4S. The van der Waals surface area contributed by atoms with E-state index in [0.29, 0.717) is 48.0 Å². The lowest BCUT2D eigenvalue weighted by Crippen LogP contribution is -2.51. The van der Waals surface area contributed by atoms with Gasteiger partial charge in [-0.3, -0.25) is 9.59 Å². The van der Waals surface area contributed by atoms with Crippen LogP contribution in [0.3, 0.4) is 0 Å². The van der Waals surface area contributed by atoms with E-state index in [9.17, 15) is 18.0 Å². The molecule has 0 saturated carbocycles. The van der Waals surface area contributed by atoms with E-state index in [4.69, 9.17) is 0 Å². The number of aryl methyl sites for hydroxylation is 1. The fraction of sp³-hybridized carbons (Fsp3) is 0.357. The minimum Gasteiger partial charge on any atom is -0.342 e. The monoisotopic (exact) mass is 507 g/mol. The van der Waals surface area contributed by atoms with Crippen molar-refractivity contribution in [3.63, 3.8) is 0 Å². The highest BCUT2D eigenvalue weighted by molar-refractivity contribution is 7.89. The third-order valence-corrected chi connectivity index (χ3v) is 8.39. The first kappa shape index (κ1) is 25.9. The quantitative estimate of drug-likeness (QED) is 0.484. The Kier molecular flexibility index (Phi) is 7.76. The van der Waals surface area contributed by atoms with Gasteiger partial charge in [0.05, 0.1) is 4.90 Å². The van der Waals surface area contributed by atoms with Crippen molar-refractivity contribution in [3.05, 3.63) is 71.8 Å². The molecule has 0 unspecified atom stereocenters. The summed E-state index contributed by atoms with van der Waals surface area (Å²) in [4.78, 5) is 27.2. The van der Waals surface area contributed by atoms with E-state index in [2.05, 4.69) is 10.0 Å². The second-order valence-corrected chi connectivity index (χ2v) is 11.2. The van der Waals surface area contributed by atoms with E-state index >= 15 is 0 Å². The van der Waals surface area contributed by atoms with Gasteiger partial charge in [-0.15, -0.1) is 0 Å². The van der Waals surface area contributed by atoms with Gasteiger partial charge < -0.3 is 10.2 Å². The fourth-order valence-electron chi connectivity index (χ4n) is 4.81. The van der Waals surface area contributed by atoms with Crippen molar-refractivity contribution >= 4 is 38.3 Å². The molecule has 1 fully saturated rings. The van der Waals surface area contributed by atoms with Crippen LogP contribution >= 0.6 is 0 Å². The van der Waals surface area contributed by atoms with Crippen LogP contribution in [0, 0.1) is 12.8 Å². The Bertz CT molecular complexity index is 1390. The van der Waals surface area contributed by atoms with Crippen LogP contribution in [0.15, 0.2) is 65.6 Å². The number of likely N-dealkylation sites (tertiary alicyclic amines) is 1. The molecule has 7 nitrogen and oxygen atoms in total. The molecule has 3 aromatic carbocycles. The molecule has 2 atom stereocenters. The molecule has 1 saturated heterocycles. The number of sulfonamides is 1. The molecule has 190 valence electrons. The zero-order valence-electron chi connectivity index (χ0n) is 21.0. The van der Waals surface area contributed by atoms with Crippen LogP contribution in [-0.4, -0.2) is 44.3 Å². The molecule has 1 aliphatic heterocycles. The number of hydrogen-bond acceptors (Lipinski definition) is 4. The van der Waals surface area contributed by atoms with E-state index in [0.717, 1.165) is 12.0 Å². The Morgan fingerprint density at radius 2 is 1.69 bits per heavy atom. The van der Waals surface area contributed by atoms with Gasteiger partial charge in [-0.25, -0.2) is 13.1 Å². The van der Waals surface area contributed by atoms with E-state index in [1.807, 2.05) is 56.0 Å². The molecule has 0 bridgehead atoms. The summed E-state index contributed by atoms with van der Waals surface area (Å²) in [7, 11) is -3.84. The first-order chi connectivity index (χ1) is 17.2. The normalized spacial score (nSPS) is 18.2. The molecule has 4 rings (SSSR count). The minimum atomic E-state index is -3.84. The van der Waals surface area contributed by atoms with Crippen LogP contribution in [0.1, 0.15) is 49.0 Å². The van der Waals surface area contributed by atoms with Crippen molar-refractivity contribution in [1.29, 1.82) is 0 Å². The van der Waals surface area contributed by atoms with Crippen LogP contribution in [0.4, 0.5) is 5.69 Å². The van der Waals surface area contributed by atoms with E-state index < -0.39 is 10.0 Å². The molecule has 8 heteroatoms. The average molecular weight is 508 g/mol. The highest BCUT2D eigenvalue weighted by atomic mass is 32.2. The molecule has 36 heavy (non-hydrogen) atoms. The summed E-state index contributed by atoms with van der Waals surface area (Å²) < 4.78 is 29.9. The standard InChI is InChI=1S/C28H33N3O4S/c1-4-9-27(32)31-17-16-24(20(3)18-31)30-36(34,35)26-15-14-25(22-12-7-8-13-23(22)26)29-28(33)21-11-6-5-10-19(21)2/h5-8,10-15,20,24,30H,4,9,16-18H2,1-3H3,(H,29,33)/t20-,24+/m0/s1. The second kappa shape index (κ2) is 10.8. The molecule has 0 spiro atoms. The topological polar surface area (TPSA) is 95.6 Å². The lowest BCUT2D eigenvalue weighted by atomic mass is 9.94. The zero-order chi connectivity index (χ0) is 25.9. The first-order valence-corrected chi connectivity index (χ1v) is 13.9. The summed E-state index contributed by atoms with van der Waals surface area (Å²) in [5.41, 5.74) is 1.98. The maximum absolute atomic E-state index is 13.5. The van der Waals surface area contributed by atoms with Crippen LogP contribution in [-0.2, 0) is 14.8 Å². The summed E-state index contributed by atoms with van der Waals surface area (Å²) in [6, 6.07) is 17.4. The van der Waals surface area contributed by atoms with Crippen LogP contribution in [0.2, 0.25) is 0 Å². The molecule has 2 amide bonds. The minimum absolute atomic E-state index is 0.00623. The summed E-state index contributed by atoms with van der Waals surface area (Å²) in [6.07, 6.45) is 1.88. The highest BCUT2D eigenvalue weighted by Gasteiger charge is 2.32. The van der Waals surface area contributed by atoms with Gasteiger partial charge in [-0.2, -0.15) is 0 Å². The molecule has 1 aliphatic rings. The number of rotatable bonds is 7. The predicted octanol–water partition coefficient (Wildman–Crippen LogP) is 4.72. The molecular weight excluding hydrogens is 474 g/mol. The maximum atomic E-state index is 13.5. The molecule has 1 heterocycles. The zero-order valence-corrected chi connectivity index (χ0v) is 21.8. The van der Waals surface area contributed by atoms with Crippen LogP contribution in [0.5, 0.6) is 0 Å². The Hall–Kier alpha value is -3.23. The van der Waals surface area contributed by atoms with Crippen molar-refractivity contribution < 1.29 is 18.0 Å². The number of amides is 2. The van der Waals surface area contributed by atoms with Crippen molar-refractivity contribution in [3.8, 4) is 0 Å². The van der Waals surface area contributed by atoms with Crippen LogP contribution < -0.4 is 10.0 Å². The Labute approximate surface area is 212 Å². The maximum Gasteiger partial charge on any atom is 0.255 e. The smallest absolute Gasteiger partial charge is 0.255 e. The van der Waals surface area contributed by atoms with Crippen molar-refractivity contribution in [2.75, 3.05) is 18.4 Å². The predicted molar refractivity (Wildman–Crippen MR) is 142 cm³/mol. The highest BCUT2D eigenvalue weighted by Crippen LogP contribution is 2.31. The number of fused-ring (bicyclic) bond motifs is 1. The third-order valence-electron chi connectivity index (χ3n) is 6.84. The summed E-state index contributed by atoms with van der Waals surface area (Å²) in [6.45, 7) is 6.91. The summed E-state index contributed by atoms with van der Waals surface area (Å²) >= 11 is 0. The number of nitrogens with zero attached hydrogens (tertiary/aromatic N) is 1. The van der Waals surface area contributed by atoms with Gasteiger partial charge in [0.1, 0.15) is 0 Å². The Balaban J connectivity index is 1.57. The number of carbonyl (C=O) groups is 2. The van der Waals surface area contributed by atoms with Gasteiger partial charge in [-0.05, 0) is 49.4 Å².